The third-order valence-corrected chi connectivity index (χ3v) is 2.47. The predicted molar refractivity (Wildman–Crippen MR) is 71.9 cm³/mol. The fourth-order valence-corrected chi connectivity index (χ4v) is 1.55. The van der Waals surface area contributed by atoms with Crippen molar-refractivity contribution in [2.24, 2.45) is 5.73 Å². The normalized spacial score (nSPS) is 12.6. The van der Waals surface area contributed by atoms with Gasteiger partial charge in [-0.05, 0) is 31.9 Å². The SMILES string of the molecule is C[C@@H](N)CNCCCCOCc1ccccc1. The van der Waals surface area contributed by atoms with Crippen LogP contribution in [0.1, 0.15) is 25.3 Å². The first kappa shape index (κ1) is 14.2. The quantitative estimate of drug-likeness (QED) is 0.644. The van der Waals surface area contributed by atoms with E-state index in [1.165, 1.54) is 5.56 Å². The molecule has 0 saturated carbocycles. The Morgan fingerprint density at radius 3 is 2.71 bits per heavy atom. The van der Waals surface area contributed by atoms with Crippen LogP contribution in [0.15, 0.2) is 30.3 Å². The average Bonchev–Trinajstić information content (AvgIpc) is 2.33. The molecule has 0 unspecified atom stereocenters. The summed E-state index contributed by atoms with van der Waals surface area (Å²) in [4.78, 5) is 0. The van der Waals surface area contributed by atoms with Crippen molar-refractivity contribution >= 4 is 0 Å². The first-order valence-corrected chi connectivity index (χ1v) is 6.37. The van der Waals surface area contributed by atoms with Crippen LogP contribution in [0.5, 0.6) is 0 Å². The lowest BCUT2D eigenvalue weighted by Gasteiger charge is -2.07. The minimum atomic E-state index is 0.240. The molecule has 0 amide bonds. The fraction of sp³-hybridized carbons (Fsp3) is 0.571. The summed E-state index contributed by atoms with van der Waals surface area (Å²) in [6, 6.07) is 10.5. The van der Waals surface area contributed by atoms with Crippen LogP contribution in [-0.2, 0) is 11.3 Å². The van der Waals surface area contributed by atoms with Crippen molar-refractivity contribution in [1.82, 2.24) is 5.32 Å². The van der Waals surface area contributed by atoms with E-state index in [-0.39, 0.29) is 6.04 Å². The van der Waals surface area contributed by atoms with E-state index in [1.54, 1.807) is 0 Å². The molecule has 1 aromatic carbocycles. The third kappa shape index (κ3) is 7.91. The Morgan fingerprint density at radius 1 is 1.24 bits per heavy atom. The van der Waals surface area contributed by atoms with Gasteiger partial charge in [-0.3, -0.25) is 0 Å². The molecule has 3 nitrogen and oxygen atoms in total. The minimum Gasteiger partial charge on any atom is -0.377 e. The van der Waals surface area contributed by atoms with E-state index in [2.05, 4.69) is 17.4 Å². The second kappa shape index (κ2) is 9.16. The van der Waals surface area contributed by atoms with Crippen LogP contribution >= 0.6 is 0 Å². The van der Waals surface area contributed by atoms with Gasteiger partial charge in [0.15, 0.2) is 0 Å². The fourth-order valence-electron chi connectivity index (χ4n) is 1.55. The Morgan fingerprint density at radius 2 is 2.00 bits per heavy atom. The molecule has 17 heavy (non-hydrogen) atoms. The average molecular weight is 236 g/mol. The zero-order valence-corrected chi connectivity index (χ0v) is 10.7. The van der Waals surface area contributed by atoms with E-state index in [9.17, 15) is 0 Å². The van der Waals surface area contributed by atoms with Crippen LogP contribution in [0.4, 0.5) is 0 Å². The zero-order valence-electron chi connectivity index (χ0n) is 10.7. The molecule has 3 N–H and O–H groups in total. The number of benzene rings is 1. The summed E-state index contributed by atoms with van der Waals surface area (Å²) in [5.41, 5.74) is 6.87. The van der Waals surface area contributed by atoms with Gasteiger partial charge in [0, 0.05) is 19.2 Å². The van der Waals surface area contributed by atoms with E-state index in [1.807, 2.05) is 25.1 Å². The molecule has 0 aliphatic heterocycles. The Kier molecular flexibility index (Phi) is 7.63. The highest BCUT2D eigenvalue weighted by Gasteiger charge is 1.94. The molecule has 0 fully saturated rings. The molecule has 1 atom stereocenters. The van der Waals surface area contributed by atoms with E-state index in [4.69, 9.17) is 10.5 Å². The van der Waals surface area contributed by atoms with E-state index >= 15 is 0 Å². The number of nitrogens with one attached hydrogen (secondary N) is 1. The number of nitrogens with two attached hydrogens (primary N) is 1. The first-order chi connectivity index (χ1) is 8.29. The van der Waals surface area contributed by atoms with Crippen LogP contribution in [0, 0.1) is 0 Å². The van der Waals surface area contributed by atoms with Crippen molar-refractivity contribution in [3.63, 3.8) is 0 Å². The minimum absolute atomic E-state index is 0.240. The zero-order chi connectivity index (χ0) is 12.3. The van der Waals surface area contributed by atoms with Crippen molar-refractivity contribution in [2.75, 3.05) is 19.7 Å². The van der Waals surface area contributed by atoms with Crippen molar-refractivity contribution in [1.29, 1.82) is 0 Å². The molecular formula is C14H24N2O. The summed E-state index contributed by atoms with van der Waals surface area (Å²) in [5.74, 6) is 0. The van der Waals surface area contributed by atoms with E-state index in [0.29, 0.717) is 6.61 Å². The van der Waals surface area contributed by atoms with Gasteiger partial charge < -0.3 is 15.8 Å². The Hall–Kier alpha value is -0.900. The predicted octanol–water partition coefficient (Wildman–Crippen LogP) is 1.92. The van der Waals surface area contributed by atoms with Crippen molar-refractivity contribution in [2.45, 2.75) is 32.4 Å². The Bertz CT molecular complexity index is 275. The summed E-state index contributed by atoms with van der Waals surface area (Å²) < 4.78 is 5.59. The molecular weight excluding hydrogens is 212 g/mol. The number of unbranched alkanes of at least 4 members (excludes halogenated alkanes) is 1. The van der Waals surface area contributed by atoms with Crippen LogP contribution in [0.2, 0.25) is 0 Å². The number of ether oxygens (including phenoxy) is 1. The van der Waals surface area contributed by atoms with Gasteiger partial charge >= 0.3 is 0 Å². The maximum atomic E-state index is 5.63. The second-order valence-corrected chi connectivity index (χ2v) is 4.43. The van der Waals surface area contributed by atoms with Gasteiger partial charge in [-0.15, -0.1) is 0 Å². The van der Waals surface area contributed by atoms with Crippen molar-refractivity contribution in [3.8, 4) is 0 Å². The van der Waals surface area contributed by atoms with Crippen LogP contribution in [0.3, 0.4) is 0 Å². The van der Waals surface area contributed by atoms with Gasteiger partial charge in [0.1, 0.15) is 0 Å². The molecule has 1 rings (SSSR count). The highest BCUT2D eigenvalue weighted by molar-refractivity contribution is 5.13. The third-order valence-electron chi connectivity index (χ3n) is 2.47. The molecule has 0 aliphatic carbocycles. The molecule has 3 heteroatoms. The summed E-state index contributed by atoms with van der Waals surface area (Å²) in [6.07, 6.45) is 2.24. The molecule has 0 saturated heterocycles. The van der Waals surface area contributed by atoms with E-state index < -0.39 is 0 Å². The molecule has 1 aromatic rings. The molecule has 0 heterocycles. The van der Waals surface area contributed by atoms with Gasteiger partial charge in [-0.1, -0.05) is 30.3 Å². The molecule has 0 aliphatic rings. The molecule has 0 aromatic heterocycles. The van der Waals surface area contributed by atoms with Crippen molar-refractivity contribution in [3.05, 3.63) is 35.9 Å². The maximum Gasteiger partial charge on any atom is 0.0716 e. The molecule has 0 bridgehead atoms. The number of rotatable bonds is 9. The van der Waals surface area contributed by atoms with Gasteiger partial charge in [0.05, 0.1) is 6.61 Å². The first-order valence-electron chi connectivity index (χ1n) is 6.37. The van der Waals surface area contributed by atoms with Gasteiger partial charge in [-0.25, -0.2) is 0 Å². The lowest BCUT2D eigenvalue weighted by Crippen LogP contribution is -2.31. The topological polar surface area (TPSA) is 47.3 Å². The monoisotopic (exact) mass is 236 g/mol. The van der Waals surface area contributed by atoms with Gasteiger partial charge in [0.25, 0.3) is 0 Å². The molecule has 96 valence electrons. The van der Waals surface area contributed by atoms with Crippen LogP contribution < -0.4 is 11.1 Å². The standard InChI is InChI=1S/C14H24N2O/c1-13(15)11-16-9-5-6-10-17-12-14-7-3-2-4-8-14/h2-4,7-8,13,16H,5-6,9-12,15H2,1H3/t13-/m1/s1. The van der Waals surface area contributed by atoms with Crippen molar-refractivity contribution < 1.29 is 4.74 Å². The van der Waals surface area contributed by atoms with E-state index in [0.717, 1.165) is 32.5 Å². The number of hydrogen-bond donors (Lipinski definition) is 2. The highest BCUT2D eigenvalue weighted by atomic mass is 16.5. The smallest absolute Gasteiger partial charge is 0.0716 e. The Labute approximate surface area is 104 Å². The lowest BCUT2D eigenvalue weighted by atomic mass is 10.2. The van der Waals surface area contributed by atoms with Gasteiger partial charge in [0.2, 0.25) is 0 Å². The second-order valence-electron chi connectivity index (χ2n) is 4.43. The number of hydrogen-bond acceptors (Lipinski definition) is 3. The summed E-state index contributed by atoms with van der Waals surface area (Å²) >= 11 is 0. The van der Waals surface area contributed by atoms with Gasteiger partial charge in [-0.2, -0.15) is 0 Å². The Balaban J connectivity index is 1.88. The molecule has 0 spiro atoms. The highest BCUT2D eigenvalue weighted by Crippen LogP contribution is 2.01. The summed E-state index contributed by atoms with van der Waals surface area (Å²) in [6.45, 7) is 5.47. The summed E-state index contributed by atoms with van der Waals surface area (Å²) in [5, 5.41) is 3.31. The largest absolute Gasteiger partial charge is 0.377 e. The van der Waals surface area contributed by atoms with Crippen LogP contribution in [0.25, 0.3) is 0 Å². The summed E-state index contributed by atoms with van der Waals surface area (Å²) in [7, 11) is 0. The maximum absolute atomic E-state index is 5.63. The molecule has 0 radical (unpaired) electrons. The lowest BCUT2D eigenvalue weighted by molar-refractivity contribution is 0.117. The van der Waals surface area contributed by atoms with Crippen LogP contribution in [-0.4, -0.2) is 25.7 Å².